The number of aliphatic carboxylic acids is 1. The van der Waals surface area contributed by atoms with E-state index in [0.717, 1.165) is 6.07 Å². The van der Waals surface area contributed by atoms with Crippen molar-refractivity contribution in [1.82, 2.24) is 0 Å². The molecule has 0 aliphatic heterocycles. The maximum absolute atomic E-state index is 13.5. The van der Waals surface area contributed by atoms with Crippen molar-refractivity contribution >= 4 is 17.6 Å². The molecule has 1 aromatic carbocycles. The molecule has 1 unspecified atom stereocenters. The van der Waals surface area contributed by atoms with E-state index in [1.807, 2.05) is 0 Å². The Bertz CT molecular complexity index is 381. The van der Waals surface area contributed by atoms with Gasteiger partial charge < -0.3 is 10.2 Å². The highest BCUT2D eigenvalue weighted by Gasteiger charge is 2.17. The van der Waals surface area contributed by atoms with Gasteiger partial charge in [0.2, 0.25) is 0 Å². The predicted molar refractivity (Wildman–Crippen MR) is 58.0 cm³/mol. The Labute approximate surface area is 97.5 Å². The average molecular weight is 247 g/mol. The van der Waals surface area contributed by atoms with Crippen molar-refractivity contribution in [2.75, 3.05) is 5.88 Å². The van der Waals surface area contributed by atoms with Crippen LogP contribution in [0.4, 0.5) is 4.39 Å². The Morgan fingerprint density at radius 3 is 2.69 bits per heavy atom. The number of hydrogen-bond donors (Lipinski definition) is 2. The Kier molecular flexibility index (Phi) is 4.71. The first-order valence-corrected chi connectivity index (χ1v) is 5.35. The molecule has 0 amide bonds. The number of aliphatic hydroxyl groups excluding tert-OH is 1. The van der Waals surface area contributed by atoms with Gasteiger partial charge in [-0.05, 0) is 30.0 Å². The zero-order valence-electron chi connectivity index (χ0n) is 8.49. The number of carboxylic acids is 1. The SMILES string of the molecule is O=C(O)C(O)c1ccc(CCCCl)c(F)c1. The van der Waals surface area contributed by atoms with Gasteiger partial charge in [-0.3, -0.25) is 0 Å². The molecule has 2 N–H and O–H groups in total. The molecule has 0 aromatic heterocycles. The van der Waals surface area contributed by atoms with E-state index in [2.05, 4.69) is 0 Å². The van der Waals surface area contributed by atoms with Crippen molar-refractivity contribution in [1.29, 1.82) is 0 Å². The van der Waals surface area contributed by atoms with Gasteiger partial charge in [-0.25, -0.2) is 9.18 Å². The van der Waals surface area contributed by atoms with Crippen LogP contribution in [-0.4, -0.2) is 22.1 Å². The van der Waals surface area contributed by atoms with Crippen molar-refractivity contribution in [2.24, 2.45) is 0 Å². The number of aryl methyl sites for hydroxylation is 1. The summed E-state index contributed by atoms with van der Waals surface area (Å²) >= 11 is 5.49. The minimum atomic E-state index is -1.68. The summed E-state index contributed by atoms with van der Waals surface area (Å²) < 4.78 is 13.5. The lowest BCUT2D eigenvalue weighted by molar-refractivity contribution is -0.146. The minimum absolute atomic E-state index is 0.0413. The first-order chi connectivity index (χ1) is 7.56. The molecule has 0 fully saturated rings. The molecule has 0 bridgehead atoms. The molecule has 1 aromatic rings. The Morgan fingerprint density at radius 1 is 1.50 bits per heavy atom. The van der Waals surface area contributed by atoms with Crippen LogP contribution in [-0.2, 0) is 11.2 Å². The smallest absolute Gasteiger partial charge is 0.337 e. The fraction of sp³-hybridized carbons (Fsp3) is 0.364. The quantitative estimate of drug-likeness (QED) is 0.783. The predicted octanol–water partition coefficient (Wildman–Crippen LogP) is 2.12. The third-order valence-electron chi connectivity index (χ3n) is 2.21. The van der Waals surface area contributed by atoms with E-state index < -0.39 is 17.9 Å². The third-order valence-corrected chi connectivity index (χ3v) is 2.47. The van der Waals surface area contributed by atoms with Crippen LogP contribution < -0.4 is 0 Å². The molecule has 5 heteroatoms. The zero-order chi connectivity index (χ0) is 12.1. The minimum Gasteiger partial charge on any atom is -0.479 e. The van der Waals surface area contributed by atoms with E-state index >= 15 is 0 Å². The monoisotopic (exact) mass is 246 g/mol. The number of alkyl halides is 1. The van der Waals surface area contributed by atoms with E-state index in [1.165, 1.54) is 12.1 Å². The Hall–Kier alpha value is -1.13. The highest BCUT2D eigenvalue weighted by atomic mass is 35.5. The molecule has 0 heterocycles. The van der Waals surface area contributed by atoms with Crippen LogP contribution in [0.15, 0.2) is 18.2 Å². The molecule has 0 spiro atoms. The second-order valence-corrected chi connectivity index (χ2v) is 3.76. The highest BCUT2D eigenvalue weighted by Crippen LogP contribution is 2.18. The fourth-order valence-corrected chi connectivity index (χ4v) is 1.47. The maximum Gasteiger partial charge on any atom is 0.337 e. The van der Waals surface area contributed by atoms with Crippen molar-refractivity contribution in [3.63, 3.8) is 0 Å². The number of hydrogen-bond acceptors (Lipinski definition) is 2. The Morgan fingerprint density at radius 2 is 2.19 bits per heavy atom. The largest absolute Gasteiger partial charge is 0.479 e. The van der Waals surface area contributed by atoms with Crippen LogP contribution in [0.1, 0.15) is 23.7 Å². The molecule has 0 saturated carbocycles. The molecule has 16 heavy (non-hydrogen) atoms. The van der Waals surface area contributed by atoms with Gasteiger partial charge in [-0.1, -0.05) is 12.1 Å². The first kappa shape index (κ1) is 12.9. The molecule has 3 nitrogen and oxygen atoms in total. The molecule has 88 valence electrons. The molecule has 0 aliphatic carbocycles. The molecule has 1 rings (SSSR count). The highest BCUT2D eigenvalue weighted by molar-refractivity contribution is 6.17. The normalized spacial score (nSPS) is 12.4. The lowest BCUT2D eigenvalue weighted by Gasteiger charge is -2.08. The summed E-state index contributed by atoms with van der Waals surface area (Å²) in [5.41, 5.74) is 0.515. The summed E-state index contributed by atoms with van der Waals surface area (Å²) in [6.07, 6.45) is -0.533. The van der Waals surface area contributed by atoms with Crippen molar-refractivity contribution in [2.45, 2.75) is 18.9 Å². The topological polar surface area (TPSA) is 57.5 Å². The van der Waals surface area contributed by atoms with Crippen molar-refractivity contribution in [3.8, 4) is 0 Å². The summed E-state index contributed by atoms with van der Waals surface area (Å²) in [6.45, 7) is 0. The van der Waals surface area contributed by atoms with Crippen molar-refractivity contribution < 1.29 is 19.4 Å². The number of carboxylic acid groups (broad SMARTS) is 1. The van der Waals surface area contributed by atoms with Gasteiger partial charge in [-0.15, -0.1) is 11.6 Å². The van der Waals surface area contributed by atoms with Gasteiger partial charge in [0.25, 0.3) is 0 Å². The van der Waals surface area contributed by atoms with Gasteiger partial charge in [0.15, 0.2) is 6.10 Å². The van der Waals surface area contributed by atoms with Crippen LogP contribution in [0.3, 0.4) is 0 Å². The average Bonchev–Trinajstić information content (AvgIpc) is 2.26. The molecule has 0 saturated heterocycles. The van der Waals surface area contributed by atoms with E-state index in [1.54, 1.807) is 0 Å². The first-order valence-electron chi connectivity index (χ1n) is 4.81. The molecule has 0 aliphatic rings. The summed E-state index contributed by atoms with van der Waals surface area (Å²) in [5, 5.41) is 17.7. The number of halogens is 2. The summed E-state index contributed by atoms with van der Waals surface area (Å²) in [5.74, 6) is -1.46. The second kappa shape index (κ2) is 5.82. The summed E-state index contributed by atoms with van der Waals surface area (Å²) in [6, 6.07) is 3.93. The van der Waals surface area contributed by atoms with Crippen LogP contribution in [0.5, 0.6) is 0 Å². The fourth-order valence-electron chi connectivity index (χ4n) is 1.34. The lowest BCUT2D eigenvalue weighted by Crippen LogP contribution is -2.11. The Balaban J connectivity index is 2.86. The number of carbonyl (C=O) groups is 1. The van der Waals surface area contributed by atoms with Crippen LogP contribution >= 0.6 is 11.6 Å². The lowest BCUT2D eigenvalue weighted by atomic mass is 10.0. The number of aliphatic hydroxyl groups is 1. The van der Waals surface area contributed by atoms with E-state index in [0.29, 0.717) is 24.3 Å². The van der Waals surface area contributed by atoms with Gasteiger partial charge in [0, 0.05) is 5.88 Å². The van der Waals surface area contributed by atoms with Gasteiger partial charge in [-0.2, -0.15) is 0 Å². The maximum atomic E-state index is 13.5. The zero-order valence-corrected chi connectivity index (χ0v) is 9.25. The van der Waals surface area contributed by atoms with Crippen LogP contribution in [0.2, 0.25) is 0 Å². The number of rotatable bonds is 5. The van der Waals surface area contributed by atoms with Gasteiger partial charge in [0.05, 0.1) is 0 Å². The van der Waals surface area contributed by atoms with E-state index in [9.17, 15) is 14.3 Å². The van der Waals surface area contributed by atoms with Crippen LogP contribution in [0.25, 0.3) is 0 Å². The summed E-state index contributed by atoms with van der Waals surface area (Å²) in [4.78, 5) is 10.5. The number of benzene rings is 1. The standard InChI is InChI=1S/C11H12ClFO3/c12-5-1-2-7-3-4-8(6-9(7)13)10(14)11(15)16/h3-4,6,10,14H,1-2,5H2,(H,15,16). The molecular formula is C11H12ClFO3. The third kappa shape index (κ3) is 3.18. The van der Waals surface area contributed by atoms with Crippen molar-refractivity contribution in [3.05, 3.63) is 35.1 Å². The molecule has 1 atom stereocenters. The van der Waals surface area contributed by atoms with E-state index in [4.69, 9.17) is 16.7 Å². The second-order valence-electron chi connectivity index (χ2n) is 3.38. The molecular weight excluding hydrogens is 235 g/mol. The molecule has 0 radical (unpaired) electrons. The summed E-state index contributed by atoms with van der Waals surface area (Å²) in [7, 11) is 0. The van der Waals surface area contributed by atoms with Gasteiger partial charge in [0.1, 0.15) is 5.82 Å². The van der Waals surface area contributed by atoms with E-state index in [-0.39, 0.29) is 5.56 Å². The van der Waals surface area contributed by atoms with Gasteiger partial charge >= 0.3 is 5.97 Å². The van der Waals surface area contributed by atoms with Crippen LogP contribution in [0, 0.1) is 5.82 Å².